The molecule has 0 saturated carbocycles. The van der Waals surface area contributed by atoms with E-state index in [1.165, 1.54) is 7.11 Å². The van der Waals surface area contributed by atoms with Gasteiger partial charge in [-0.3, -0.25) is 0 Å². The summed E-state index contributed by atoms with van der Waals surface area (Å²) in [5, 5.41) is -0.213. The van der Waals surface area contributed by atoms with Crippen LogP contribution >= 0.6 is 11.6 Å². The minimum Gasteiger partial charge on any atom is -0.481 e. The van der Waals surface area contributed by atoms with Crippen LogP contribution in [0.15, 0.2) is 6.07 Å². The van der Waals surface area contributed by atoms with Crippen LogP contribution in [0.4, 0.5) is 8.78 Å². The smallest absolute Gasteiger partial charge is 0.388 e. The van der Waals surface area contributed by atoms with Gasteiger partial charge >= 0.3 is 6.61 Å². The van der Waals surface area contributed by atoms with Gasteiger partial charge in [0.05, 0.1) is 13.2 Å². The summed E-state index contributed by atoms with van der Waals surface area (Å²) >= 11 is 5.39. The Hall–Kier alpha value is -1.17. The fourth-order valence-electron chi connectivity index (χ4n) is 0.633. The maximum absolute atomic E-state index is 11.7. The molecule has 0 bridgehead atoms. The largest absolute Gasteiger partial charge is 0.481 e. The Bertz CT molecular complexity index is 298. The number of hydrogen-bond acceptors (Lipinski definition) is 4. The molecule has 0 radical (unpaired) electrons. The molecular weight excluding hydrogens is 206 g/mol. The molecule has 0 aromatic carbocycles. The molecule has 4 nitrogen and oxygen atoms in total. The zero-order valence-corrected chi connectivity index (χ0v) is 7.26. The third kappa shape index (κ3) is 2.98. The van der Waals surface area contributed by atoms with E-state index in [-0.39, 0.29) is 17.0 Å². The van der Waals surface area contributed by atoms with Crippen molar-refractivity contribution >= 4 is 11.6 Å². The van der Waals surface area contributed by atoms with E-state index in [2.05, 4.69) is 19.4 Å². The number of halogens is 3. The molecule has 1 rings (SSSR count). The van der Waals surface area contributed by atoms with Crippen LogP contribution in [0.3, 0.4) is 0 Å². The van der Waals surface area contributed by atoms with Crippen molar-refractivity contribution in [1.29, 1.82) is 0 Å². The zero-order chi connectivity index (χ0) is 9.84. The Morgan fingerprint density at radius 2 is 2.00 bits per heavy atom. The molecule has 13 heavy (non-hydrogen) atoms. The first-order valence-electron chi connectivity index (χ1n) is 3.15. The average molecular weight is 211 g/mol. The van der Waals surface area contributed by atoms with Crippen LogP contribution in [-0.2, 0) is 0 Å². The normalized spacial score (nSPS) is 10.2. The molecule has 0 aliphatic rings. The maximum Gasteiger partial charge on any atom is 0.388 e. The number of aromatic nitrogens is 2. The zero-order valence-electron chi connectivity index (χ0n) is 6.50. The van der Waals surface area contributed by atoms with Gasteiger partial charge in [-0.05, 0) is 11.6 Å². The van der Waals surface area contributed by atoms with E-state index in [0.29, 0.717) is 0 Å². The molecular formula is C6H5ClF2N2O2. The Labute approximate surface area is 77.5 Å². The van der Waals surface area contributed by atoms with E-state index in [0.717, 1.165) is 6.07 Å². The second-order valence-corrected chi connectivity index (χ2v) is 2.23. The van der Waals surface area contributed by atoms with Crippen LogP contribution in [0, 0.1) is 0 Å². The third-order valence-electron chi connectivity index (χ3n) is 1.07. The minimum atomic E-state index is -2.95. The fourth-order valence-corrected chi connectivity index (χ4v) is 0.800. The first kappa shape index (κ1) is 9.91. The van der Waals surface area contributed by atoms with Crippen LogP contribution in [0.1, 0.15) is 0 Å². The summed E-state index contributed by atoms with van der Waals surface area (Å²) in [6, 6.07) is 1.11. The van der Waals surface area contributed by atoms with Crippen molar-refractivity contribution in [1.82, 2.24) is 9.97 Å². The molecule has 1 aromatic heterocycles. The average Bonchev–Trinajstić information content (AvgIpc) is 2.01. The molecule has 1 aromatic rings. The van der Waals surface area contributed by atoms with Gasteiger partial charge in [0.25, 0.3) is 0 Å². The molecule has 0 fully saturated rings. The van der Waals surface area contributed by atoms with Gasteiger partial charge in [-0.1, -0.05) is 0 Å². The first-order chi connectivity index (χ1) is 6.11. The molecule has 0 aliphatic heterocycles. The van der Waals surface area contributed by atoms with Crippen LogP contribution in [0.25, 0.3) is 0 Å². The Morgan fingerprint density at radius 3 is 2.54 bits per heavy atom. The van der Waals surface area contributed by atoms with Crippen molar-refractivity contribution in [2.75, 3.05) is 7.11 Å². The van der Waals surface area contributed by atoms with E-state index >= 15 is 0 Å². The summed E-state index contributed by atoms with van der Waals surface area (Å²) in [4.78, 5) is 6.96. The molecule has 7 heteroatoms. The number of ether oxygens (including phenoxy) is 2. The standard InChI is InChI=1S/C6H5ClF2N2O2/c1-12-3-2-4(13-6(8)9)11-5(7)10-3/h2,6H,1H3. The highest BCUT2D eigenvalue weighted by Crippen LogP contribution is 2.18. The molecule has 1 heterocycles. The predicted molar refractivity (Wildman–Crippen MR) is 40.2 cm³/mol. The molecule has 0 atom stereocenters. The van der Waals surface area contributed by atoms with Gasteiger partial charge in [-0.15, -0.1) is 0 Å². The van der Waals surface area contributed by atoms with Gasteiger partial charge in [0, 0.05) is 0 Å². The Morgan fingerprint density at radius 1 is 1.38 bits per heavy atom. The highest BCUT2D eigenvalue weighted by molar-refractivity contribution is 6.28. The van der Waals surface area contributed by atoms with E-state index in [9.17, 15) is 8.78 Å². The van der Waals surface area contributed by atoms with Gasteiger partial charge in [0.1, 0.15) is 0 Å². The summed E-state index contributed by atoms with van der Waals surface area (Å²) in [5.41, 5.74) is 0. The fraction of sp³-hybridized carbons (Fsp3) is 0.333. The summed E-state index contributed by atoms with van der Waals surface area (Å²) in [6.45, 7) is -2.95. The van der Waals surface area contributed by atoms with Crippen molar-refractivity contribution in [2.45, 2.75) is 6.61 Å². The third-order valence-corrected chi connectivity index (χ3v) is 1.24. The van der Waals surface area contributed by atoms with E-state index < -0.39 is 6.61 Å². The highest BCUT2D eigenvalue weighted by Gasteiger charge is 2.09. The minimum absolute atomic E-state index is 0.0654. The van der Waals surface area contributed by atoms with E-state index in [1.807, 2.05) is 0 Å². The maximum atomic E-state index is 11.7. The summed E-state index contributed by atoms with van der Waals surface area (Å²) in [5.74, 6) is -0.262. The second-order valence-electron chi connectivity index (χ2n) is 1.90. The SMILES string of the molecule is COc1cc(OC(F)F)nc(Cl)n1. The highest BCUT2D eigenvalue weighted by atomic mass is 35.5. The van der Waals surface area contributed by atoms with Crippen LogP contribution in [0.5, 0.6) is 11.8 Å². The lowest BCUT2D eigenvalue weighted by Crippen LogP contribution is -2.04. The summed E-state index contributed by atoms with van der Waals surface area (Å²) in [7, 11) is 1.32. The van der Waals surface area contributed by atoms with Crippen molar-refractivity contribution in [3.63, 3.8) is 0 Å². The molecule has 0 aliphatic carbocycles. The number of hydrogen-bond donors (Lipinski definition) is 0. The monoisotopic (exact) mass is 210 g/mol. The lowest BCUT2D eigenvalue weighted by molar-refractivity contribution is -0.0530. The first-order valence-corrected chi connectivity index (χ1v) is 3.53. The molecule has 0 unspecified atom stereocenters. The molecule has 0 amide bonds. The van der Waals surface area contributed by atoms with Gasteiger partial charge in [-0.25, -0.2) is 0 Å². The lowest BCUT2D eigenvalue weighted by atomic mass is 10.6. The summed E-state index contributed by atoms with van der Waals surface area (Å²) < 4.78 is 32.1. The number of nitrogens with zero attached hydrogens (tertiary/aromatic N) is 2. The van der Waals surface area contributed by atoms with Gasteiger partial charge in [0.15, 0.2) is 0 Å². The van der Waals surface area contributed by atoms with Crippen LogP contribution in [0.2, 0.25) is 5.28 Å². The van der Waals surface area contributed by atoms with E-state index in [1.54, 1.807) is 0 Å². The molecule has 72 valence electrons. The van der Waals surface area contributed by atoms with E-state index in [4.69, 9.17) is 11.6 Å². The Balaban J connectivity index is 2.88. The second kappa shape index (κ2) is 4.18. The lowest BCUT2D eigenvalue weighted by Gasteiger charge is -2.04. The van der Waals surface area contributed by atoms with Crippen molar-refractivity contribution < 1.29 is 18.3 Å². The topological polar surface area (TPSA) is 44.2 Å². The van der Waals surface area contributed by atoms with Crippen molar-refractivity contribution in [3.05, 3.63) is 11.3 Å². The molecule has 0 N–H and O–H groups in total. The molecule has 0 saturated heterocycles. The van der Waals surface area contributed by atoms with Crippen LogP contribution in [-0.4, -0.2) is 23.7 Å². The number of methoxy groups -OCH3 is 1. The van der Waals surface area contributed by atoms with Gasteiger partial charge in [0.2, 0.25) is 17.0 Å². The molecule has 0 spiro atoms. The Kier molecular flexibility index (Phi) is 3.18. The van der Waals surface area contributed by atoms with Crippen LogP contribution < -0.4 is 9.47 Å². The predicted octanol–water partition coefficient (Wildman–Crippen LogP) is 1.74. The number of rotatable bonds is 3. The number of alkyl halides is 2. The van der Waals surface area contributed by atoms with Crippen molar-refractivity contribution in [2.24, 2.45) is 0 Å². The quantitative estimate of drug-likeness (QED) is 0.713. The van der Waals surface area contributed by atoms with Gasteiger partial charge < -0.3 is 9.47 Å². The van der Waals surface area contributed by atoms with Gasteiger partial charge in [-0.2, -0.15) is 18.7 Å². The van der Waals surface area contributed by atoms with Crippen molar-refractivity contribution in [3.8, 4) is 11.8 Å². The summed E-state index contributed by atoms with van der Waals surface area (Å²) in [6.07, 6.45) is 0.